The summed E-state index contributed by atoms with van der Waals surface area (Å²) < 4.78 is 37.8. The Hall–Kier alpha value is -1.77. The first-order valence-electron chi connectivity index (χ1n) is 8.59. The molecule has 0 radical (unpaired) electrons. The molecular formula is C18H24F2N2O4. The van der Waals surface area contributed by atoms with Gasteiger partial charge in [-0.05, 0) is 6.07 Å². The molecule has 0 amide bonds. The Kier molecular flexibility index (Phi) is 5.45. The lowest BCUT2D eigenvalue weighted by Crippen LogP contribution is -2.41. The second-order valence-electron chi connectivity index (χ2n) is 7.11. The van der Waals surface area contributed by atoms with E-state index in [1.807, 2.05) is 4.90 Å². The number of benzene rings is 1. The zero-order valence-electron chi connectivity index (χ0n) is 15.0. The topological polar surface area (TPSA) is 62.2 Å². The van der Waals surface area contributed by atoms with E-state index in [0.717, 1.165) is 0 Å². The summed E-state index contributed by atoms with van der Waals surface area (Å²) in [6.45, 7) is 3.54. The molecular weight excluding hydrogens is 346 g/mol. The second kappa shape index (κ2) is 7.46. The third-order valence-corrected chi connectivity index (χ3v) is 5.51. The summed E-state index contributed by atoms with van der Waals surface area (Å²) in [6.07, 6.45) is 0. The molecule has 1 aromatic carbocycles. The maximum absolute atomic E-state index is 14.4. The highest BCUT2D eigenvalue weighted by atomic mass is 19.1. The van der Waals surface area contributed by atoms with Crippen molar-refractivity contribution >= 4 is 5.97 Å². The molecule has 0 aliphatic carbocycles. The molecule has 2 aliphatic rings. The molecule has 2 aliphatic heterocycles. The second-order valence-corrected chi connectivity index (χ2v) is 7.11. The molecule has 0 aromatic heterocycles. The molecule has 1 N–H and O–H groups in total. The predicted octanol–water partition coefficient (Wildman–Crippen LogP) is 1.44. The first-order chi connectivity index (χ1) is 12.4. The minimum Gasteiger partial charge on any atom is -0.491 e. The number of carboxylic acid groups (broad SMARTS) is 1. The Balaban J connectivity index is 1.73. The van der Waals surface area contributed by atoms with Gasteiger partial charge in [0.2, 0.25) is 0 Å². The van der Waals surface area contributed by atoms with Crippen LogP contribution in [0.5, 0.6) is 5.75 Å². The van der Waals surface area contributed by atoms with Crippen LogP contribution in [0.2, 0.25) is 0 Å². The molecule has 8 heteroatoms. The maximum Gasteiger partial charge on any atom is 0.312 e. The number of nitrogens with zero attached hydrogens (tertiary/aromatic N) is 2. The normalized spacial score (nSPS) is 26.2. The molecule has 1 aromatic rings. The summed E-state index contributed by atoms with van der Waals surface area (Å²) in [7, 11) is 2.84. The molecule has 144 valence electrons. The lowest BCUT2D eigenvalue weighted by Gasteiger charge is -2.25. The fourth-order valence-electron chi connectivity index (χ4n) is 4.21. The van der Waals surface area contributed by atoms with Crippen molar-refractivity contribution in [3.8, 4) is 5.75 Å². The summed E-state index contributed by atoms with van der Waals surface area (Å²) in [5.41, 5.74) is -0.547. The van der Waals surface area contributed by atoms with E-state index >= 15 is 0 Å². The van der Waals surface area contributed by atoms with Crippen LogP contribution in [-0.4, -0.2) is 74.4 Å². The van der Waals surface area contributed by atoms with E-state index in [4.69, 9.17) is 9.47 Å². The monoisotopic (exact) mass is 370 g/mol. The van der Waals surface area contributed by atoms with Gasteiger partial charge in [0.1, 0.15) is 0 Å². The highest BCUT2D eigenvalue weighted by Gasteiger charge is 2.57. The van der Waals surface area contributed by atoms with Gasteiger partial charge in [-0.25, -0.2) is 8.78 Å². The van der Waals surface area contributed by atoms with Gasteiger partial charge >= 0.3 is 5.97 Å². The highest BCUT2D eigenvalue weighted by Crippen LogP contribution is 2.43. The van der Waals surface area contributed by atoms with Gasteiger partial charge in [-0.15, -0.1) is 0 Å². The van der Waals surface area contributed by atoms with E-state index in [1.54, 1.807) is 7.11 Å². The number of carbonyl (C=O) groups is 1. The largest absolute Gasteiger partial charge is 0.491 e. The Morgan fingerprint density at radius 3 is 2.58 bits per heavy atom. The van der Waals surface area contributed by atoms with Crippen LogP contribution < -0.4 is 4.74 Å². The van der Waals surface area contributed by atoms with Gasteiger partial charge in [0.15, 0.2) is 17.4 Å². The Morgan fingerprint density at radius 1 is 1.27 bits per heavy atom. The molecule has 2 saturated heterocycles. The number of methoxy groups -OCH3 is 2. The number of fused-ring (bicyclic) bond motifs is 1. The van der Waals surface area contributed by atoms with Gasteiger partial charge in [-0.3, -0.25) is 14.6 Å². The van der Waals surface area contributed by atoms with E-state index in [0.29, 0.717) is 44.9 Å². The third-order valence-electron chi connectivity index (χ3n) is 5.51. The van der Waals surface area contributed by atoms with E-state index in [-0.39, 0.29) is 12.5 Å². The minimum absolute atomic E-state index is 0.0257. The summed E-state index contributed by atoms with van der Waals surface area (Å²) in [6, 6.07) is 2.56. The van der Waals surface area contributed by atoms with Crippen molar-refractivity contribution in [1.82, 2.24) is 9.80 Å². The van der Waals surface area contributed by atoms with Crippen LogP contribution in [-0.2, 0) is 16.1 Å². The van der Waals surface area contributed by atoms with Crippen LogP contribution in [0, 0.1) is 23.0 Å². The number of ether oxygens (including phenoxy) is 2. The summed E-state index contributed by atoms with van der Waals surface area (Å²) >= 11 is 0. The quantitative estimate of drug-likeness (QED) is 0.784. The van der Waals surface area contributed by atoms with E-state index in [9.17, 15) is 18.7 Å². The number of halogens is 2. The average molecular weight is 370 g/mol. The number of aliphatic carboxylic acids is 1. The smallest absolute Gasteiger partial charge is 0.312 e. The van der Waals surface area contributed by atoms with Crippen molar-refractivity contribution in [2.75, 3.05) is 53.6 Å². The van der Waals surface area contributed by atoms with Gasteiger partial charge in [-0.2, -0.15) is 0 Å². The number of carboxylic acids is 1. The van der Waals surface area contributed by atoms with Gasteiger partial charge in [0.25, 0.3) is 0 Å². The van der Waals surface area contributed by atoms with Crippen molar-refractivity contribution < 1.29 is 28.2 Å². The molecule has 6 nitrogen and oxygen atoms in total. The van der Waals surface area contributed by atoms with Gasteiger partial charge in [0.05, 0.1) is 19.1 Å². The number of rotatable bonds is 7. The van der Waals surface area contributed by atoms with Crippen LogP contribution in [0.3, 0.4) is 0 Å². The molecule has 2 atom stereocenters. The first kappa shape index (κ1) is 19.0. The first-order valence-corrected chi connectivity index (χ1v) is 8.59. The number of hydrogen-bond donors (Lipinski definition) is 1. The van der Waals surface area contributed by atoms with Crippen molar-refractivity contribution in [2.24, 2.45) is 11.3 Å². The Labute approximate surface area is 151 Å². The predicted molar refractivity (Wildman–Crippen MR) is 90.1 cm³/mol. The van der Waals surface area contributed by atoms with Gasteiger partial charge in [-0.1, -0.05) is 6.07 Å². The Bertz CT molecular complexity index is 687. The van der Waals surface area contributed by atoms with Gasteiger partial charge in [0, 0.05) is 57.9 Å². The van der Waals surface area contributed by atoms with Crippen LogP contribution in [0.25, 0.3) is 0 Å². The van der Waals surface area contributed by atoms with Crippen molar-refractivity contribution in [3.63, 3.8) is 0 Å². The lowest BCUT2D eigenvalue weighted by atomic mass is 9.81. The van der Waals surface area contributed by atoms with Crippen LogP contribution >= 0.6 is 0 Å². The minimum atomic E-state index is -0.853. The molecule has 26 heavy (non-hydrogen) atoms. The van der Waals surface area contributed by atoms with Crippen molar-refractivity contribution in [3.05, 3.63) is 29.3 Å². The van der Waals surface area contributed by atoms with E-state index < -0.39 is 28.8 Å². The van der Waals surface area contributed by atoms with Crippen molar-refractivity contribution in [2.45, 2.75) is 6.54 Å². The number of hydrogen-bond acceptors (Lipinski definition) is 5. The fraction of sp³-hybridized carbons (Fsp3) is 0.611. The summed E-state index contributed by atoms with van der Waals surface area (Å²) in [5.74, 6) is -2.72. The standard InChI is InChI=1S/C18H24F2N2O4/c1-25-6-5-21-8-13-9-22(11-18(13,10-21)17(23)24)7-12-3-4-14(19)16(26-2)15(12)20/h3-4,13H,5-11H2,1-2H3,(H,23,24)/t13-,18-/m1/s1. The van der Waals surface area contributed by atoms with Crippen LogP contribution in [0.1, 0.15) is 5.56 Å². The third kappa shape index (κ3) is 3.28. The SMILES string of the molecule is COCCN1C[C@@H]2CN(Cc3ccc(F)c(OC)c3F)C[C@]2(C(=O)O)C1. The van der Waals surface area contributed by atoms with Crippen LogP contribution in [0.4, 0.5) is 8.78 Å². The molecule has 0 bridgehead atoms. The zero-order valence-corrected chi connectivity index (χ0v) is 15.0. The Morgan fingerprint density at radius 2 is 1.96 bits per heavy atom. The highest BCUT2D eigenvalue weighted by molar-refractivity contribution is 5.77. The summed E-state index contributed by atoms with van der Waals surface area (Å²) in [5, 5.41) is 9.85. The van der Waals surface area contributed by atoms with E-state index in [1.165, 1.54) is 19.2 Å². The van der Waals surface area contributed by atoms with Crippen LogP contribution in [0.15, 0.2) is 12.1 Å². The molecule has 0 spiro atoms. The average Bonchev–Trinajstić information content (AvgIpc) is 3.10. The molecule has 0 unspecified atom stereocenters. The zero-order chi connectivity index (χ0) is 18.9. The maximum atomic E-state index is 14.4. The molecule has 0 saturated carbocycles. The van der Waals surface area contributed by atoms with Crippen molar-refractivity contribution in [1.29, 1.82) is 0 Å². The molecule has 2 heterocycles. The number of likely N-dealkylation sites (tertiary alicyclic amines) is 2. The van der Waals surface area contributed by atoms with Gasteiger partial charge < -0.3 is 14.6 Å². The summed E-state index contributed by atoms with van der Waals surface area (Å²) in [4.78, 5) is 16.1. The van der Waals surface area contributed by atoms with E-state index in [2.05, 4.69) is 4.90 Å². The fourth-order valence-corrected chi connectivity index (χ4v) is 4.21. The lowest BCUT2D eigenvalue weighted by molar-refractivity contribution is -0.149. The molecule has 2 fully saturated rings. The molecule has 3 rings (SSSR count).